The molecule has 0 saturated carbocycles. The molecule has 0 amide bonds. The van der Waals surface area contributed by atoms with Gasteiger partial charge in [0.1, 0.15) is 0 Å². The van der Waals surface area contributed by atoms with E-state index >= 15 is 0 Å². The SMILES string of the molecule is CCOC(=O)[C@@](CCC1CCCCN1)(OC(=O)c1ccccc1)C(=O)O. The van der Waals surface area contributed by atoms with E-state index in [2.05, 4.69) is 5.32 Å². The Bertz CT molecular complexity index is 626. The Labute approximate surface area is 152 Å². The molecule has 2 atom stereocenters. The van der Waals surface area contributed by atoms with Crippen LogP contribution in [0.4, 0.5) is 0 Å². The molecule has 7 heteroatoms. The van der Waals surface area contributed by atoms with Crippen LogP contribution in [0.3, 0.4) is 0 Å². The van der Waals surface area contributed by atoms with Crippen molar-refractivity contribution in [2.75, 3.05) is 13.2 Å². The fourth-order valence-electron chi connectivity index (χ4n) is 3.02. The Morgan fingerprint density at radius 1 is 1.23 bits per heavy atom. The lowest BCUT2D eigenvalue weighted by Gasteiger charge is -2.30. The number of carbonyl (C=O) groups is 3. The molecular weight excluding hydrogens is 338 g/mol. The normalized spacial score (nSPS) is 19.2. The van der Waals surface area contributed by atoms with Crippen molar-refractivity contribution in [3.8, 4) is 0 Å². The first kappa shape index (κ1) is 19.9. The molecule has 1 fully saturated rings. The number of hydrogen-bond donors (Lipinski definition) is 2. The van der Waals surface area contributed by atoms with E-state index in [0.717, 1.165) is 25.8 Å². The van der Waals surface area contributed by atoms with Crippen LogP contribution in [0.5, 0.6) is 0 Å². The summed E-state index contributed by atoms with van der Waals surface area (Å²) in [6, 6.07) is 8.09. The number of aliphatic carboxylic acids is 1. The van der Waals surface area contributed by atoms with Gasteiger partial charge in [-0.1, -0.05) is 24.6 Å². The predicted octanol–water partition coefficient (Wildman–Crippen LogP) is 2.15. The lowest BCUT2D eigenvalue weighted by atomic mass is 9.91. The molecule has 0 aromatic heterocycles. The third-order valence-corrected chi connectivity index (χ3v) is 4.48. The molecule has 0 bridgehead atoms. The van der Waals surface area contributed by atoms with Crippen molar-refractivity contribution in [1.82, 2.24) is 5.32 Å². The van der Waals surface area contributed by atoms with Gasteiger partial charge in [-0.25, -0.2) is 14.4 Å². The molecule has 1 aromatic rings. The van der Waals surface area contributed by atoms with E-state index in [4.69, 9.17) is 9.47 Å². The Morgan fingerprint density at radius 2 is 1.96 bits per heavy atom. The highest BCUT2D eigenvalue weighted by atomic mass is 16.6. The van der Waals surface area contributed by atoms with Gasteiger partial charge in [-0.15, -0.1) is 0 Å². The van der Waals surface area contributed by atoms with Crippen LogP contribution in [0, 0.1) is 0 Å². The van der Waals surface area contributed by atoms with E-state index in [1.165, 1.54) is 12.1 Å². The summed E-state index contributed by atoms with van der Waals surface area (Å²) in [6.07, 6.45) is 3.26. The molecule has 7 nitrogen and oxygen atoms in total. The van der Waals surface area contributed by atoms with E-state index in [-0.39, 0.29) is 24.6 Å². The quantitative estimate of drug-likeness (QED) is 0.539. The maximum atomic E-state index is 12.4. The van der Waals surface area contributed by atoms with Gasteiger partial charge in [0, 0.05) is 12.5 Å². The average Bonchev–Trinajstić information content (AvgIpc) is 2.66. The van der Waals surface area contributed by atoms with Crippen LogP contribution in [0.2, 0.25) is 0 Å². The fraction of sp³-hybridized carbons (Fsp3) is 0.526. The summed E-state index contributed by atoms with van der Waals surface area (Å²) >= 11 is 0. The summed E-state index contributed by atoms with van der Waals surface area (Å²) in [5.74, 6) is -3.43. The van der Waals surface area contributed by atoms with Crippen LogP contribution < -0.4 is 5.32 Å². The van der Waals surface area contributed by atoms with Gasteiger partial charge in [-0.3, -0.25) is 0 Å². The average molecular weight is 363 g/mol. The molecule has 26 heavy (non-hydrogen) atoms. The lowest BCUT2D eigenvalue weighted by Crippen LogP contribution is -2.52. The van der Waals surface area contributed by atoms with Crippen molar-refractivity contribution >= 4 is 17.9 Å². The minimum absolute atomic E-state index is 0.00156. The predicted molar refractivity (Wildman–Crippen MR) is 93.7 cm³/mol. The summed E-state index contributed by atoms with van der Waals surface area (Å²) in [5.41, 5.74) is -2.17. The number of piperidine rings is 1. The molecule has 2 N–H and O–H groups in total. The Hall–Kier alpha value is -2.41. The zero-order valence-electron chi connectivity index (χ0n) is 14.9. The first-order valence-corrected chi connectivity index (χ1v) is 8.92. The third kappa shape index (κ3) is 4.82. The topological polar surface area (TPSA) is 102 Å². The zero-order valence-corrected chi connectivity index (χ0v) is 14.9. The van der Waals surface area contributed by atoms with Crippen molar-refractivity contribution in [1.29, 1.82) is 0 Å². The maximum Gasteiger partial charge on any atom is 0.362 e. The second-order valence-electron chi connectivity index (χ2n) is 6.29. The molecule has 0 spiro atoms. The first-order valence-electron chi connectivity index (χ1n) is 8.92. The standard InChI is InChI=1S/C19H25NO6/c1-2-25-18(24)19(17(22)23,12-11-15-10-6-7-13-20-15)26-16(21)14-8-4-3-5-9-14/h3-5,8-9,15,20H,2,6-7,10-13H2,1H3,(H,22,23)/t15?,19-/m0/s1. The molecule has 0 aliphatic carbocycles. The van der Waals surface area contributed by atoms with Crippen LogP contribution in [0.15, 0.2) is 30.3 Å². The van der Waals surface area contributed by atoms with E-state index in [0.29, 0.717) is 6.42 Å². The van der Waals surface area contributed by atoms with Crippen molar-refractivity contribution in [2.24, 2.45) is 0 Å². The number of rotatable bonds is 8. The smallest absolute Gasteiger partial charge is 0.362 e. The minimum atomic E-state index is -2.35. The van der Waals surface area contributed by atoms with Crippen molar-refractivity contribution in [3.63, 3.8) is 0 Å². The summed E-state index contributed by atoms with van der Waals surface area (Å²) in [5, 5.41) is 13.0. The number of esters is 2. The molecule has 1 unspecified atom stereocenters. The van der Waals surface area contributed by atoms with Gasteiger partial charge in [-0.2, -0.15) is 0 Å². The third-order valence-electron chi connectivity index (χ3n) is 4.48. The van der Waals surface area contributed by atoms with Crippen molar-refractivity contribution in [2.45, 2.75) is 50.7 Å². The van der Waals surface area contributed by atoms with Gasteiger partial charge in [0.2, 0.25) is 0 Å². The molecule has 1 aromatic carbocycles. The van der Waals surface area contributed by atoms with E-state index in [1.807, 2.05) is 0 Å². The van der Waals surface area contributed by atoms with Crippen LogP contribution in [-0.2, 0) is 19.1 Å². The van der Waals surface area contributed by atoms with Gasteiger partial charge < -0.3 is 19.9 Å². The molecule has 2 rings (SSSR count). The van der Waals surface area contributed by atoms with Crippen LogP contribution >= 0.6 is 0 Å². The highest BCUT2D eigenvalue weighted by molar-refractivity contribution is 6.06. The second kappa shape index (κ2) is 9.33. The number of carboxylic acid groups (broad SMARTS) is 1. The minimum Gasteiger partial charge on any atom is -0.478 e. The highest BCUT2D eigenvalue weighted by Gasteiger charge is 2.52. The van der Waals surface area contributed by atoms with Crippen molar-refractivity contribution in [3.05, 3.63) is 35.9 Å². The lowest BCUT2D eigenvalue weighted by molar-refractivity contribution is -0.181. The van der Waals surface area contributed by atoms with Crippen molar-refractivity contribution < 1.29 is 29.0 Å². The molecule has 1 saturated heterocycles. The fourth-order valence-corrected chi connectivity index (χ4v) is 3.02. The Morgan fingerprint density at radius 3 is 2.54 bits per heavy atom. The number of nitrogens with one attached hydrogen (secondary N) is 1. The summed E-state index contributed by atoms with van der Waals surface area (Å²) in [7, 11) is 0. The van der Waals surface area contributed by atoms with Gasteiger partial charge in [0.15, 0.2) is 0 Å². The Balaban J connectivity index is 2.21. The van der Waals surface area contributed by atoms with Gasteiger partial charge in [-0.05, 0) is 44.9 Å². The summed E-state index contributed by atoms with van der Waals surface area (Å²) in [6.45, 7) is 2.43. The molecule has 142 valence electrons. The molecule has 1 aliphatic heterocycles. The Kier molecular flexibility index (Phi) is 7.15. The number of carboxylic acids is 1. The number of benzene rings is 1. The monoisotopic (exact) mass is 363 g/mol. The van der Waals surface area contributed by atoms with E-state index < -0.39 is 23.5 Å². The van der Waals surface area contributed by atoms with Gasteiger partial charge in [0.05, 0.1) is 12.2 Å². The van der Waals surface area contributed by atoms with Crippen LogP contribution in [0.1, 0.15) is 49.4 Å². The van der Waals surface area contributed by atoms with E-state index in [9.17, 15) is 19.5 Å². The van der Waals surface area contributed by atoms with E-state index in [1.54, 1.807) is 25.1 Å². The largest absolute Gasteiger partial charge is 0.478 e. The molecule has 0 radical (unpaired) electrons. The maximum absolute atomic E-state index is 12.4. The molecule has 1 aliphatic rings. The molecular formula is C19H25NO6. The number of ether oxygens (including phenoxy) is 2. The second-order valence-corrected chi connectivity index (χ2v) is 6.29. The summed E-state index contributed by atoms with van der Waals surface area (Å²) in [4.78, 5) is 36.8. The molecule has 1 heterocycles. The summed E-state index contributed by atoms with van der Waals surface area (Å²) < 4.78 is 10.2. The number of carbonyl (C=O) groups excluding carboxylic acids is 2. The number of hydrogen-bond acceptors (Lipinski definition) is 6. The van der Waals surface area contributed by atoms with Crippen LogP contribution in [0.25, 0.3) is 0 Å². The van der Waals surface area contributed by atoms with Crippen LogP contribution in [-0.4, -0.2) is 47.8 Å². The highest BCUT2D eigenvalue weighted by Crippen LogP contribution is 2.26. The zero-order chi connectivity index (χ0) is 19.0. The first-order chi connectivity index (χ1) is 12.5. The van der Waals surface area contributed by atoms with Gasteiger partial charge >= 0.3 is 23.5 Å². The van der Waals surface area contributed by atoms with Gasteiger partial charge in [0.25, 0.3) is 0 Å².